The maximum Gasteiger partial charge on any atom is 0.323 e. The largest absolute Gasteiger partial charge is 0.323 e. The standard InChI is InChI=1S/C8H4Cl5N3O2/c9-1-2(10)4(12)6(5(13)3(1)11)15-7(17)8(18)16-14/h14H2,(H,15,17)(H,16,18). The lowest BCUT2D eigenvalue weighted by molar-refractivity contribution is -0.136. The van der Waals surface area contributed by atoms with Gasteiger partial charge in [0.25, 0.3) is 0 Å². The molecule has 0 spiro atoms. The van der Waals surface area contributed by atoms with Crippen molar-refractivity contribution in [2.24, 2.45) is 5.84 Å². The molecule has 0 heterocycles. The first-order chi connectivity index (χ1) is 8.31. The number of hydrogen-bond acceptors (Lipinski definition) is 3. The SMILES string of the molecule is NNC(=O)C(=O)Nc1c(Cl)c(Cl)c(Cl)c(Cl)c1Cl. The molecule has 0 atom stereocenters. The van der Waals surface area contributed by atoms with E-state index in [0.717, 1.165) is 0 Å². The summed E-state index contributed by atoms with van der Waals surface area (Å²) in [6, 6.07) is 0. The summed E-state index contributed by atoms with van der Waals surface area (Å²) in [5, 5.41) is 1.57. The Morgan fingerprint density at radius 3 is 1.56 bits per heavy atom. The van der Waals surface area contributed by atoms with E-state index in [2.05, 4.69) is 5.32 Å². The maximum absolute atomic E-state index is 11.3. The monoisotopic (exact) mass is 349 g/mol. The number of carbonyl (C=O) groups excluding carboxylic acids is 2. The summed E-state index contributed by atoms with van der Waals surface area (Å²) in [5.74, 6) is 2.61. The second kappa shape index (κ2) is 6.14. The molecule has 0 unspecified atom stereocenters. The van der Waals surface area contributed by atoms with Crippen LogP contribution >= 0.6 is 58.0 Å². The van der Waals surface area contributed by atoms with Crippen LogP contribution in [0.2, 0.25) is 25.1 Å². The Kier molecular flexibility index (Phi) is 5.33. The number of anilines is 1. The minimum atomic E-state index is -1.09. The summed E-state index contributed by atoms with van der Waals surface area (Å²) >= 11 is 28.9. The number of nitrogens with two attached hydrogens (primary N) is 1. The van der Waals surface area contributed by atoms with Gasteiger partial charge in [-0.05, 0) is 0 Å². The molecule has 0 saturated carbocycles. The minimum Gasteiger partial charge on any atom is -0.315 e. The van der Waals surface area contributed by atoms with E-state index >= 15 is 0 Å². The van der Waals surface area contributed by atoms with Crippen molar-refractivity contribution in [2.45, 2.75) is 0 Å². The number of amides is 2. The summed E-state index contributed by atoms with van der Waals surface area (Å²) in [5.41, 5.74) is 1.50. The van der Waals surface area contributed by atoms with Gasteiger partial charge in [0.2, 0.25) is 0 Å². The molecule has 1 aromatic carbocycles. The van der Waals surface area contributed by atoms with E-state index in [9.17, 15) is 9.59 Å². The molecule has 18 heavy (non-hydrogen) atoms. The van der Waals surface area contributed by atoms with Gasteiger partial charge in [0.15, 0.2) is 0 Å². The lowest BCUT2D eigenvalue weighted by Gasteiger charge is -2.12. The van der Waals surface area contributed by atoms with Gasteiger partial charge < -0.3 is 5.32 Å². The summed E-state index contributed by atoms with van der Waals surface area (Å²) in [7, 11) is 0. The molecule has 0 aliphatic heterocycles. The smallest absolute Gasteiger partial charge is 0.315 e. The van der Waals surface area contributed by atoms with Crippen LogP contribution in [0.25, 0.3) is 0 Å². The van der Waals surface area contributed by atoms with Crippen LogP contribution < -0.4 is 16.6 Å². The average Bonchev–Trinajstić information content (AvgIpc) is 2.37. The normalized spacial score (nSPS) is 10.1. The van der Waals surface area contributed by atoms with E-state index in [1.54, 1.807) is 5.43 Å². The first-order valence-electron chi connectivity index (χ1n) is 4.14. The molecule has 0 aromatic heterocycles. The van der Waals surface area contributed by atoms with Gasteiger partial charge in [0, 0.05) is 0 Å². The predicted octanol–water partition coefficient (Wildman–Crippen LogP) is 2.88. The van der Waals surface area contributed by atoms with Crippen molar-refractivity contribution in [3.8, 4) is 0 Å². The number of carbonyl (C=O) groups is 2. The lowest BCUT2D eigenvalue weighted by Crippen LogP contribution is -2.39. The van der Waals surface area contributed by atoms with E-state index in [1.165, 1.54) is 0 Å². The Hall–Kier alpha value is -0.430. The van der Waals surface area contributed by atoms with Gasteiger partial charge in [-0.1, -0.05) is 58.0 Å². The van der Waals surface area contributed by atoms with Gasteiger partial charge in [-0.2, -0.15) is 0 Å². The van der Waals surface area contributed by atoms with Crippen LogP contribution in [0, 0.1) is 0 Å². The zero-order valence-corrected chi connectivity index (χ0v) is 12.1. The first-order valence-corrected chi connectivity index (χ1v) is 6.03. The Bertz CT molecular complexity index is 505. The van der Waals surface area contributed by atoms with Crippen LogP contribution in [0.15, 0.2) is 0 Å². The molecule has 0 bridgehead atoms. The van der Waals surface area contributed by atoms with Gasteiger partial charge in [-0.25, -0.2) is 5.84 Å². The second-order valence-electron chi connectivity index (χ2n) is 2.87. The topological polar surface area (TPSA) is 84.2 Å². The number of benzene rings is 1. The van der Waals surface area contributed by atoms with Crippen LogP contribution in [0.5, 0.6) is 0 Å². The van der Waals surface area contributed by atoms with Crippen LogP contribution in [-0.4, -0.2) is 11.8 Å². The molecular weight excluding hydrogens is 347 g/mol. The minimum absolute atomic E-state index is 0.0605. The molecular formula is C8H4Cl5N3O2. The predicted molar refractivity (Wildman–Crippen MR) is 72.5 cm³/mol. The Balaban J connectivity index is 3.26. The molecule has 0 radical (unpaired) electrons. The average molecular weight is 351 g/mol. The fourth-order valence-electron chi connectivity index (χ4n) is 0.950. The summed E-state index contributed by atoms with van der Waals surface area (Å²) in [6.45, 7) is 0. The van der Waals surface area contributed by atoms with Crippen LogP contribution in [0.1, 0.15) is 0 Å². The highest BCUT2D eigenvalue weighted by molar-refractivity contribution is 6.57. The summed E-state index contributed by atoms with van der Waals surface area (Å²) in [6.07, 6.45) is 0. The van der Waals surface area contributed by atoms with Crippen molar-refractivity contribution in [3.63, 3.8) is 0 Å². The summed E-state index contributed by atoms with van der Waals surface area (Å²) in [4.78, 5) is 22.3. The maximum atomic E-state index is 11.3. The van der Waals surface area contributed by atoms with Gasteiger partial charge in [-0.15, -0.1) is 0 Å². The van der Waals surface area contributed by atoms with E-state index < -0.39 is 11.8 Å². The molecule has 2 amide bonds. The molecule has 4 N–H and O–H groups in total. The van der Waals surface area contributed by atoms with Gasteiger partial charge in [-0.3, -0.25) is 15.0 Å². The fraction of sp³-hybridized carbons (Fsp3) is 0. The van der Waals surface area contributed by atoms with Gasteiger partial charge in [0.05, 0.1) is 30.8 Å². The Morgan fingerprint density at radius 1 is 0.778 bits per heavy atom. The molecule has 0 fully saturated rings. The molecule has 5 nitrogen and oxygen atoms in total. The molecule has 10 heteroatoms. The molecule has 0 aliphatic rings. The highest BCUT2D eigenvalue weighted by atomic mass is 35.5. The quantitative estimate of drug-likeness (QED) is 0.182. The third-order valence-electron chi connectivity index (χ3n) is 1.79. The van der Waals surface area contributed by atoms with Gasteiger partial charge in [0.1, 0.15) is 0 Å². The molecule has 1 rings (SSSR count). The third-order valence-corrected chi connectivity index (χ3v) is 4.06. The Morgan fingerprint density at radius 2 is 1.17 bits per heavy atom. The Labute approximate surface area is 126 Å². The van der Waals surface area contributed by atoms with Crippen molar-refractivity contribution < 1.29 is 9.59 Å². The van der Waals surface area contributed by atoms with Crippen molar-refractivity contribution in [2.75, 3.05) is 5.32 Å². The van der Waals surface area contributed by atoms with Crippen LogP contribution in [0.3, 0.4) is 0 Å². The lowest BCUT2D eigenvalue weighted by atomic mass is 10.3. The van der Waals surface area contributed by atoms with Crippen molar-refractivity contribution in [3.05, 3.63) is 25.1 Å². The van der Waals surface area contributed by atoms with Gasteiger partial charge >= 0.3 is 11.8 Å². The number of nitrogens with one attached hydrogen (secondary N) is 2. The molecule has 98 valence electrons. The molecule has 0 aliphatic carbocycles. The van der Waals surface area contributed by atoms with Crippen LogP contribution in [-0.2, 0) is 9.59 Å². The van der Waals surface area contributed by atoms with E-state index in [1.807, 2.05) is 0 Å². The molecule has 1 aromatic rings. The van der Waals surface area contributed by atoms with Crippen LogP contribution in [0.4, 0.5) is 5.69 Å². The van der Waals surface area contributed by atoms with E-state index in [4.69, 9.17) is 63.8 Å². The number of rotatable bonds is 1. The first kappa shape index (κ1) is 15.6. The zero-order valence-electron chi connectivity index (χ0n) is 8.28. The second-order valence-corrected chi connectivity index (χ2v) is 4.76. The van der Waals surface area contributed by atoms with Crippen molar-refractivity contribution >= 4 is 75.5 Å². The number of halogens is 5. The van der Waals surface area contributed by atoms with E-state index in [-0.39, 0.29) is 30.8 Å². The highest BCUT2D eigenvalue weighted by Gasteiger charge is 2.22. The fourth-order valence-corrected chi connectivity index (χ4v) is 2.18. The molecule has 0 saturated heterocycles. The number of hydrogen-bond donors (Lipinski definition) is 3. The van der Waals surface area contributed by atoms with Crippen molar-refractivity contribution in [1.82, 2.24) is 5.43 Å². The third kappa shape index (κ3) is 2.93. The summed E-state index contributed by atoms with van der Waals surface area (Å²) < 4.78 is 0. The highest BCUT2D eigenvalue weighted by Crippen LogP contribution is 2.46. The zero-order chi connectivity index (χ0) is 14.0. The van der Waals surface area contributed by atoms with Crippen molar-refractivity contribution in [1.29, 1.82) is 0 Å². The van der Waals surface area contributed by atoms with E-state index in [0.29, 0.717) is 0 Å². The number of hydrazine groups is 1.